The molecule has 0 saturated carbocycles. The maximum Gasteiger partial charge on any atom is 0.226 e. The first-order valence-electron chi connectivity index (χ1n) is 5.10. The number of carbonyl (C=O) groups is 1. The Labute approximate surface area is 99.6 Å². The summed E-state index contributed by atoms with van der Waals surface area (Å²) in [5.74, 6) is 0.323. The summed E-state index contributed by atoms with van der Waals surface area (Å²) in [6, 6.07) is 3.57. The standard InChI is InChI=1S/C10H15ClN4O/c1-7(2)12-6-5-10(16)13-9-4-3-8(11)14-15-9/h3-4,7,12H,5-6H2,1-2H3,(H,13,15,16). The predicted molar refractivity (Wildman–Crippen MR) is 63.4 cm³/mol. The molecule has 0 spiro atoms. The minimum Gasteiger partial charge on any atom is -0.314 e. The number of carbonyl (C=O) groups excluding carboxylic acids is 1. The number of hydrogen-bond acceptors (Lipinski definition) is 4. The molecule has 1 heterocycles. The van der Waals surface area contributed by atoms with Crippen molar-refractivity contribution in [1.29, 1.82) is 0 Å². The summed E-state index contributed by atoms with van der Waals surface area (Å²) in [7, 11) is 0. The van der Waals surface area contributed by atoms with E-state index in [0.717, 1.165) is 0 Å². The molecule has 0 bridgehead atoms. The topological polar surface area (TPSA) is 66.9 Å². The van der Waals surface area contributed by atoms with Crippen LogP contribution < -0.4 is 10.6 Å². The fraction of sp³-hybridized carbons (Fsp3) is 0.500. The monoisotopic (exact) mass is 242 g/mol. The van der Waals surface area contributed by atoms with Crippen LogP contribution in [-0.4, -0.2) is 28.7 Å². The lowest BCUT2D eigenvalue weighted by atomic mass is 10.3. The minimum atomic E-state index is -0.0928. The highest BCUT2D eigenvalue weighted by molar-refractivity contribution is 6.29. The van der Waals surface area contributed by atoms with Crippen molar-refractivity contribution in [3.63, 3.8) is 0 Å². The van der Waals surface area contributed by atoms with E-state index in [1.807, 2.05) is 13.8 Å². The Balaban J connectivity index is 2.31. The molecule has 1 rings (SSSR count). The molecular weight excluding hydrogens is 228 g/mol. The Kier molecular flexibility index (Phi) is 5.14. The van der Waals surface area contributed by atoms with Crippen LogP contribution in [0.15, 0.2) is 12.1 Å². The molecule has 0 aliphatic heterocycles. The van der Waals surface area contributed by atoms with Crippen molar-refractivity contribution in [3.8, 4) is 0 Å². The van der Waals surface area contributed by atoms with Crippen molar-refractivity contribution in [2.75, 3.05) is 11.9 Å². The van der Waals surface area contributed by atoms with Crippen LogP contribution in [0.1, 0.15) is 20.3 Å². The molecule has 0 fully saturated rings. The largest absolute Gasteiger partial charge is 0.314 e. The molecule has 5 nitrogen and oxygen atoms in total. The first kappa shape index (κ1) is 12.9. The van der Waals surface area contributed by atoms with Gasteiger partial charge in [-0.1, -0.05) is 25.4 Å². The number of nitrogens with zero attached hydrogens (tertiary/aromatic N) is 2. The fourth-order valence-electron chi connectivity index (χ4n) is 1.06. The van der Waals surface area contributed by atoms with Crippen LogP contribution in [0.25, 0.3) is 0 Å². The molecule has 88 valence electrons. The van der Waals surface area contributed by atoms with Crippen molar-refractivity contribution in [2.24, 2.45) is 0 Å². The Morgan fingerprint density at radius 3 is 2.75 bits per heavy atom. The second-order valence-corrected chi connectivity index (χ2v) is 4.04. The number of aromatic nitrogens is 2. The molecule has 0 aromatic carbocycles. The van der Waals surface area contributed by atoms with Gasteiger partial charge >= 0.3 is 0 Å². The van der Waals surface area contributed by atoms with Gasteiger partial charge in [0.05, 0.1) is 0 Å². The molecule has 1 aromatic heterocycles. The van der Waals surface area contributed by atoms with Gasteiger partial charge in [-0.05, 0) is 12.1 Å². The fourth-order valence-corrected chi connectivity index (χ4v) is 1.16. The number of rotatable bonds is 5. The molecule has 1 amide bonds. The lowest BCUT2D eigenvalue weighted by molar-refractivity contribution is -0.116. The number of anilines is 1. The van der Waals surface area contributed by atoms with Gasteiger partial charge in [-0.25, -0.2) is 0 Å². The van der Waals surface area contributed by atoms with Gasteiger partial charge in [-0.2, -0.15) is 0 Å². The summed E-state index contributed by atoms with van der Waals surface area (Å²) in [6.45, 7) is 4.70. The third-order valence-corrected chi connectivity index (χ3v) is 2.01. The van der Waals surface area contributed by atoms with E-state index in [2.05, 4.69) is 20.8 Å². The summed E-state index contributed by atoms with van der Waals surface area (Å²) in [5.41, 5.74) is 0. The van der Waals surface area contributed by atoms with Gasteiger partial charge in [0, 0.05) is 19.0 Å². The summed E-state index contributed by atoms with van der Waals surface area (Å²) >= 11 is 5.57. The van der Waals surface area contributed by atoms with Gasteiger partial charge in [0.1, 0.15) is 0 Å². The van der Waals surface area contributed by atoms with Crippen molar-refractivity contribution in [3.05, 3.63) is 17.3 Å². The second kappa shape index (κ2) is 6.40. The lowest BCUT2D eigenvalue weighted by Crippen LogP contribution is -2.27. The first-order chi connectivity index (χ1) is 7.58. The van der Waals surface area contributed by atoms with Gasteiger partial charge in [0.2, 0.25) is 5.91 Å². The number of halogens is 1. The molecule has 0 unspecified atom stereocenters. The zero-order valence-corrected chi connectivity index (χ0v) is 10.1. The van der Waals surface area contributed by atoms with Crippen LogP contribution in [0.5, 0.6) is 0 Å². The highest BCUT2D eigenvalue weighted by atomic mass is 35.5. The summed E-state index contributed by atoms with van der Waals surface area (Å²) < 4.78 is 0. The highest BCUT2D eigenvalue weighted by Gasteiger charge is 2.03. The van der Waals surface area contributed by atoms with Crippen LogP contribution in [0.2, 0.25) is 5.15 Å². The molecule has 0 saturated heterocycles. The highest BCUT2D eigenvalue weighted by Crippen LogP contribution is 2.05. The molecule has 2 N–H and O–H groups in total. The van der Waals surface area contributed by atoms with Crippen LogP contribution in [0.3, 0.4) is 0 Å². The average molecular weight is 243 g/mol. The van der Waals surface area contributed by atoms with E-state index in [-0.39, 0.29) is 5.91 Å². The molecule has 0 radical (unpaired) electrons. The van der Waals surface area contributed by atoms with Crippen LogP contribution >= 0.6 is 11.6 Å². The molecule has 0 aliphatic rings. The molecule has 0 atom stereocenters. The van der Waals surface area contributed by atoms with Crippen molar-refractivity contribution < 1.29 is 4.79 Å². The lowest BCUT2D eigenvalue weighted by Gasteiger charge is -2.07. The zero-order valence-electron chi connectivity index (χ0n) is 9.33. The minimum absolute atomic E-state index is 0.0928. The van der Waals surface area contributed by atoms with Gasteiger partial charge in [-0.15, -0.1) is 10.2 Å². The summed E-state index contributed by atoms with van der Waals surface area (Å²) in [4.78, 5) is 11.4. The summed E-state index contributed by atoms with van der Waals surface area (Å²) in [6.07, 6.45) is 0.405. The molecule has 0 aliphatic carbocycles. The van der Waals surface area contributed by atoms with Crippen molar-refractivity contribution in [2.45, 2.75) is 26.3 Å². The third-order valence-electron chi connectivity index (χ3n) is 1.80. The maximum atomic E-state index is 11.4. The van der Waals surface area contributed by atoms with E-state index in [1.165, 1.54) is 0 Å². The van der Waals surface area contributed by atoms with Gasteiger partial charge in [0.25, 0.3) is 0 Å². The van der Waals surface area contributed by atoms with Crippen molar-refractivity contribution >= 4 is 23.3 Å². The molecule has 1 aromatic rings. The van der Waals surface area contributed by atoms with E-state index in [1.54, 1.807) is 12.1 Å². The molecular formula is C10H15ClN4O. The van der Waals surface area contributed by atoms with Gasteiger partial charge < -0.3 is 10.6 Å². The Morgan fingerprint density at radius 1 is 1.44 bits per heavy atom. The SMILES string of the molecule is CC(C)NCCC(=O)Nc1ccc(Cl)nn1. The van der Waals surface area contributed by atoms with Gasteiger partial charge in [-0.3, -0.25) is 4.79 Å². The summed E-state index contributed by atoms with van der Waals surface area (Å²) in [5, 5.41) is 13.4. The number of amides is 1. The molecule has 6 heteroatoms. The van der Waals surface area contributed by atoms with Crippen LogP contribution in [-0.2, 0) is 4.79 Å². The van der Waals surface area contributed by atoms with E-state index in [4.69, 9.17) is 11.6 Å². The number of hydrogen-bond donors (Lipinski definition) is 2. The van der Waals surface area contributed by atoms with E-state index < -0.39 is 0 Å². The quantitative estimate of drug-likeness (QED) is 0.820. The third kappa shape index (κ3) is 5.04. The van der Waals surface area contributed by atoms with Crippen LogP contribution in [0, 0.1) is 0 Å². The van der Waals surface area contributed by atoms with E-state index in [9.17, 15) is 4.79 Å². The van der Waals surface area contributed by atoms with Crippen molar-refractivity contribution in [1.82, 2.24) is 15.5 Å². The normalized spacial score (nSPS) is 10.5. The van der Waals surface area contributed by atoms with Crippen LogP contribution in [0.4, 0.5) is 5.82 Å². The second-order valence-electron chi connectivity index (χ2n) is 3.65. The first-order valence-corrected chi connectivity index (χ1v) is 5.48. The maximum absolute atomic E-state index is 11.4. The Hall–Kier alpha value is -1.20. The van der Waals surface area contributed by atoms with E-state index >= 15 is 0 Å². The Bertz CT molecular complexity index is 339. The predicted octanol–water partition coefficient (Wildman–Crippen LogP) is 1.46. The zero-order chi connectivity index (χ0) is 12.0. The smallest absolute Gasteiger partial charge is 0.226 e. The molecule has 16 heavy (non-hydrogen) atoms. The average Bonchev–Trinajstić information content (AvgIpc) is 2.21. The van der Waals surface area contributed by atoms with Gasteiger partial charge in [0.15, 0.2) is 11.0 Å². The Morgan fingerprint density at radius 2 is 2.19 bits per heavy atom. The number of nitrogens with one attached hydrogen (secondary N) is 2. The van der Waals surface area contributed by atoms with E-state index in [0.29, 0.717) is 30.0 Å².